The molecule has 172 valence electrons. The van der Waals surface area contributed by atoms with E-state index in [9.17, 15) is 14.0 Å². The Balaban J connectivity index is 1.45. The summed E-state index contributed by atoms with van der Waals surface area (Å²) >= 11 is 0. The highest BCUT2D eigenvalue weighted by molar-refractivity contribution is 5.89. The van der Waals surface area contributed by atoms with Crippen LogP contribution in [0.5, 0.6) is 0 Å². The van der Waals surface area contributed by atoms with Crippen molar-refractivity contribution in [2.75, 3.05) is 26.0 Å². The standard InChI is InChI=1S/C25H28FN5O2/c1-30(2)23(32)14-17-9-11-20(12-10-17)28-25(33)31-13-4-3-8-22(31)24-27-16-21(29-24)18-6-5-7-19(26)15-18/h5-7,9-12,15-16,22H,3-4,8,13-14H2,1-2H3,(H,27,29)(H,28,33). The van der Waals surface area contributed by atoms with Gasteiger partial charge < -0.3 is 20.1 Å². The summed E-state index contributed by atoms with van der Waals surface area (Å²) in [5.74, 6) is 0.417. The Bertz CT molecular complexity index is 1130. The minimum Gasteiger partial charge on any atom is -0.349 e. The Hall–Kier alpha value is -3.68. The fraction of sp³-hybridized carbons (Fsp3) is 0.320. The van der Waals surface area contributed by atoms with Gasteiger partial charge in [0.25, 0.3) is 0 Å². The van der Waals surface area contributed by atoms with Gasteiger partial charge >= 0.3 is 6.03 Å². The zero-order valence-electron chi connectivity index (χ0n) is 18.8. The molecule has 1 aliphatic rings. The van der Waals surface area contributed by atoms with Crippen molar-refractivity contribution in [1.29, 1.82) is 0 Å². The van der Waals surface area contributed by atoms with Gasteiger partial charge in [0.15, 0.2) is 0 Å². The quantitative estimate of drug-likeness (QED) is 0.597. The monoisotopic (exact) mass is 449 g/mol. The van der Waals surface area contributed by atoms with Crippen LogP contribution in [0.1, 0.15) is 36.7 Å². The topological polar surface area (TPSA) is 81.3 Å². The molecule has 2 aromatic carbocycles. The van der Waals surface area contributed by atoms with Crippen LogP contribution in [0.15, 0.2) is 54.7 Å². The number of hydrogen-bond acceptors (Lipinski definition) is 3. The molecule has 1 atom stereocenters. The molecule has 3 aromatic rings. The van der Waals surface area contributed by atoms with Crippen molar-refractivity contribution in [2.24, 2.45) is 0 Å². The summed E-state index contributed by atoms with van der Waals surface area (Å²) < 4.78 is 13.6. The molecule has 3 amide bonds. The highest BCUT2D eigenvalue weighted by Crippen LogP contribution is 2.31. The normalized spacial score (nSPS) is 15.8. The fourth-order valence-corrected chi connectivity index (χ4v) is 4.00. The number of benzene rings is 2. The number of aromatic nitrogens is 2. The van der Waals surface area contributed by atoms with Crippen LogP contribution in [0.4, 0.5) is 14.9 Å². The first-order chi connectivity index (χ1) is 15.9. The van der Waals surface area contributed by atoms with E-state index in [-0.39, 0.29) is 23.8 Å². The van der Waals surface area contributed by atoms with Crippen molar-refractivity contribution < 1.29 is 14.0 Å². The van der Waals surface area contributed by atoms with E-state index in [4.69, 9.17) is 0 Å². The number of aromatic amines is 1. The van der Waals surface area contributed by atoms with Gasteiger partial charge in [-0.1, -0.05) is 24.3 Å². The number of likely N-dealkylation sites (N-methyl/N-ethyl adjacent to an activating group) is 1. The molecule has 0 radical (unpaired) electrons. The number of H-pyrrole nitrogens is 1. The zero-order chi connectivity index (χ0) is 23.4. The van der Waals surface area contributed by atoms with E-state index in [1.165, 1.54) is 12.1 Å². The van der Waals surface area contributed by atoms with Gasteiger partial charge in [-0.25, -0.2) is 14.2 Å². The molecule has 1 fully saturated rings. The van der Waals surface area contributed by atoms with Crippen LogP contribution in [-0.4, -0.2) is 52.3 Å². The highest BCUT2D eigenvalue weighted by Gasteiger charge is 2.30. The third-order valence-electron chi connectivity index (χ3n) is 5.87. The van der Waals surface area contributed by atoms with Crippen LogP contribution in [0, 0.1) is 5.82 Å². The molecule has 4 rings (SSSR count). The summed E-state index contributed by atoms with van der Waals surface area (Å²) in [4.78, 5) is 36.1. The second kappa shape index (κ2) is 9.85. The molecule has 2 heterocycles. The molecule has 2 N–H and O–H groups in total. The van der Waals surface area contributed by atoms with E-state index < -0.39 is 0 Å². The molecular formula is C25H28FN5O2. The molecule has 8 heteroatoms. The second-order valence-corrected chi connectivity index (χ2v) is 8.49. The number of nitrogens with one attached hydrogen (secondary N) is 2. The summed E-state index contributed by atoms with van der Waals surface area (Å²) in [5, 5.41) is 2.96. The lowest BCUT2D eigenvalue weighted by atomic mass is 10.0. The van der Waals surface area contributed by atoms with E-state index in [0.717, 1.165) is 30.5 Å². The van der Waals surface area contributed by atoms with Crippen LogP contribution in [0.2, 0.25) is 0 Å². The number of hydrogen-bond donors (Lipinski definition) is 2. The van der Waals surface area contributed by atoms with E-state index in [1.807, 2.05) is 30.3 Å². The third kappa shape index (κ3) is 5.39. The highest BCUT2D eigenvalue weighted by atomic mass is 19.1. The first-order valence-corrected chi connectivity index (χ1v) is 11.1. The summed E-state index contributed by atoms with van der Waals surface area (Å²) in [6.45, 7) is 0.627. The molecule has 7 nitrogen and oxygen atoms in total. The molecule has 1 saturated heterocycles. The molecule has 0 bridgehead atoms. The van der Waals surface area contributed by atoms with Crippen LogP contribution in [0.25, 0.3) is 11.3 Å². The van der Waals surface area contributed by atoms with Gasteiger partial charge in [0.2, 0.25) is 5.91 Å². The number of rotatable bonds is 5. The number of carbonyl (C=O) groups is 2. The van der Waals surface area contributed by atoms with Crippen LogP contribution in [-0.2, 0) is 11.2 Å². The predicted octanol–water partition coefficient (Wildman–Crippen LogP) is 4.61. The van der Waals surface area contributed by atoms with Crippen molar-refractivity contribution in [1.82, 2.24) is 19.8 Å². The molecule has 0 spiro atoms. The molecule has 1 aliphatic heterocycles. The first kappa shape index (κ1) is 22.5. The van der Waals surface area contributed by atoms with Crippen molar-refractivity contribution in [2.45, 2.75) is 31.7 Å². The van der Waals surface area contributed by atoms with Crippen molar-refractivity contribution >= 4 is 17.6 Å². The largest absolute Gasteiger partial charge is 0.349 e. The molecule has 0 aliphatic carbocycles. The van der Waals surface area contributed by atoms with E-state index in [2.05, 4.69) is 15.3 Å². The number of carbonyl (C=O) groups excluding carboxylic acids is 2. The van der Waals surface area contributed by atoms with Crippen molar-refractivity contribution in [3.63, 3.8) is 0 Å². The number of urea groups is 1. The summed E-state index contributed by atoms with van der Waals surface area (Å²) in [6.07, 6.45) is 4.73. The molecule has 33 heavy (non-hydrogen) atoms. The minimum absolute atomic E-state index is 0.0269. The molecule has 1 aromatic heterocycles. The Labute approximate surface area is 192 Å². The van der Waals surface area contributed by atoms with Gasteiger partial charge in [0.1, 0.15) is 11.6 Å². The van der Waals surface area contributed by atoms with Gasteiger partial charge in [-0.2, -0.15) is 0 Å². The van der Waals surface area contributed by atoms with Gasteiger partial charge in [0, 0.05) is 31.9 Å². The molecule has 1 unspecified atom stereocenters. The number of likely N-dealkylation sites (tertiary alicyclic amines) is 1. The fourth-order valence-electron chi connectivity index (χ4n) is 4.00. The van der Waals surface area contributed by atoms with Gasteiger partial charge in [-0.3, -0.25) is 4.79 Å². The Kier molecular flexibility index (Phi) is 6.72. The lowest BCUT2D eigenvalue weighted by molar-refractivity contribution is -0.127. The van der Waals surface area contributed by atoms with Crippen LogP contribution in [0.3, 0.4) is 0 Å². The minimum atomic E-state index is -0.306. The lowest BCUT2D eigenvalue weighted by Crippen LogP contribution is -2.41. The second-order valence-electron chi connectivity index (χ2n) is 8.49. The lowest BCUT2D eigenvalue weighted by Gasteiger charge is -2.34. The SMILES string of the molecule is CN(C)C(=O)Cc1ccc(NC(=O)N2CCCCC2c2ncc(-c3cccc(F)c3)[nH]2)cc1. The van der Waals surface area contributed by atoms with E-state index >= 15 is 0 Å². The maximum absolute atomic E-state index is 13.6. The Morgan fingerprint density at radius 3 is 2.70 bits per heavy atom. The third-order valence-corrected chi connectivity index (χ3v) is 5.87. The number of anilines is 1. The van der Waals surface area contributed by atoms with Crippen LogP contribution >= 0.6 is 0 Å². The Morgan fingerprint density at radius 1 is 1.18 bits per heavy atom. The summed E-state index contributed by atoms with van der Waals surface area (Å²) in [5.41, 5.74) is 3.00. The van der Waals surface area contributed by atoms with Gasteiger partial charge in [-0.05, 0) is 49.1 Å². The summed E-state index contributed by atoms with van der Waals surface area (Å²) in [7, 11) is 3.46. The summed E-state index contributed by atoms with van der Waals surface area (Å²) in [6, 6.07) is 13.3. The predicted molar refractivity (Wildman–Crippen MR) is 125 cm³/mol. The van der Waals surface area contributed by atoms with Crippen molar-refractivity contribution in [3.8, 4) is 11.3 Å². The molecular weight excluding hydrogens is 421 g/mol. The van der Waals surface area contributed by atoms with Gasteiger partial charge in [-0.15, -0.1) is 0 Å². The van der Waals surface area contributed by atoms with Crippen molar-refractivity contribution in [3.05, 3.63) is 71.9 Å². The number of piperidine rings is 1. The van der Waals surface area contributed by atoms with E-state index in [0.29, 0.717) is 30.0 Å². The maximum Gasteiger partial charge on any atom is 0.322 e. The first-order valence-electron chi connectivity index (χ1n) is 11.1. The maximum atomic E-state index is 13.6. The van der Waals surface area contributed by atoms with E-state index in [1.54, 1.807) is 36.2 Å². The zero-order valence-corrected chi connectivity index (χ0v) is 18.8. The molecule has 0 saturated carbocycles. The van der Waals surface area contributed by atoms with Gasteiger partial charge in [0.05, 0.1) is 24.4 Å². The number of imidazole rings is 1. The van der Waals surface area contributed by atoms with Crippen LogP contribution < -0.4 is 5.32 Å². The smallest absolute Gasteiger partial charge is 0.322 e. The average Bonchev–Trinajstić information content (AvgIpc) is 3.30. The number of amides is 3. The average molecular weight is 450 g/mol. The number of nitrogens with zero attached hydrogens (tertiary/aromatic N) is 3. The number of halogens is 1. The Morgan fingerprint density at radius 2 is 1.97 bits per heavy atom.